The molecule has 0 aliphatic rings. The van der Waals surface area contributed by atoms with Crippen molar-refractivity contribution >= 4 is 11.6 Å². The Morgan fingerprint density at radius 3 is 2.87 bits per heavy atom. The van der Waals surface area contributed by atoms with E-state index in [1.54, 1.807) is 11.0 Å². The quantitative estimate of drug-likeness (QED) is 0.796. The highest BCUT2D eigenvalue weighted by Gasteiger charge is 2.12. The molecule has 0 aromatic carbocycles. The summed E-state index contributed by atoms with van der Waals surface area (Å²) in [4.78, 5) is 3.89. The van der Waals surface area contributed by atoms with Crippen molar-refractivity contribution in [1.29, 1.82) is 0 Å². The highest BCUT2D eigenvalue weighted by atomic mass is 35.5. The summed E-state index contributed by atoms with van der Waals surface area (Å²) in [5.74, 6) is 0. The first-order valence-electron chi connectivity index (χ1n) is 4.76. The molecule has 2 aromatic heterocycles. The van der Waals surface area contributed by atoms with Gasteiger partial charge in [0.2, 0.25) is 0 Å². The van der Waals surface area contributed by atoms with E-state index in [1.165, 1.54) is 6.33 Å². The lowest BCUT2D eigenvalue weighted by atomic mass is 10.3. The number of hydrogen-bond donors (Lipinski definition) is 0. The van der Waals surface area contributed by atoms with Crippen LogP contribution in [-0.2, 0) is 13.1 Å². The topological polar surface area (TPSA) is 48.5 Å². The summed E-state index contributed by atoms with van der Waals surface area (Å²) < 4.78 is 3.62. The van der Waals surface area contributed by atoms with Gasteiger partial charge in [-0.2, -0.15) is 10.2 Å². The lowest BCUT2D eigenvalue weighted by molar-refractivity contribution is 0.574. The van der Waals surface area contributed by atoms with Crippen molar-refractivity contribution in [3.8, 4) is 0 Å². The van der Waals surface area contributed by atoms with Crippen LogP contribution < -0.4 is 0 Å². The SMILES string of the molecule is CCn1nc(C)c(Cl)c1Cn1cncn1. The third kappa shape index (κ3) is 1.87. The highest BCUT2D eigenvalue weighted by molar-refractivity contribution is 6.31. The Hall–Kier alpha value is -1.36. The average molecular weight is 226 g/mol. The minimum Gasteiger partial charge on any atom is -0.266 e. The summed E-state index contributed by atoms with van der Waals surface area (Å²) in [6.45, 7) is 5.35. The first kappa shape index (κ1) is 10.2. The Morgan fingerprint density at radius 1 is 1.47 bits per heavy atom. The molecule has 6 heteroatoms. The van der Waals surface area contributed by atoms with Gasteiger partial charge in [0, 0.05) is 6.54 Å². The molecule has 0 N–H and O–H groups in total. The standard InChI is InChI=1S/C9H12ClN5/c1-3-15-8(9(10)7(2)13-15)4-14-6-11-5-12-14/h5-6H,3-4H2,1-2H3. The lowest BCUT2D eigenvalue weighted by Crippen LogP contribution is -2.08. The molecule has 0 spiro atoms. The van der Waals surface area contributed by atoms with Gasteiger partial charge in [0.25, 0.3) is 0 Å². The first-order valence-corrected chi connectivity index (χ1v) is 5.14. The summed E-state index contributed by atoms with van der Waals surface area (Å²) in [6.07, 6.45) is 3.17. The molecule has 2 rings (SSSR count). The van der Waals surface area contributed by atoms with Crippen molar-refractivity contribution in [2.45, 2.75) is 26.9 Å². The lowest BCUT2D eigenvalue weighted by Gasteiger charge is -2.04. The summed E-state index contributed by atoms with van der Waals surface area (Å²) >= 11 is 6.16. The van der Waals surface area contributed by atoms with Gasteiger partial charge in [-0.3, -0.25) is 4.68 Å². The van der Waals surface area contributed by atoms with Crippen LogP contribution in [-0.4, -0.2) is 24.5 Å². The van der Waals surface area contributed by atoms with E-state index in [-0.39, 0.29) is 0 Å². The fourth-order valence-corrected chi connectivity index (χ4v) is 1.68. The Kier molecular flexibility index (Phi) is 2.73. The second-order valence-corrected chi connectivity index (χ2v) is 3.63. The molecular weight excluding hydrogens is 214 g/mol. The second-order valence-electron chi connectivity index (χ2n) is 3.25. The van der Waals surface area contributed by atoms with Crippen LogP contribution in [0, 0.1) is 6.92 Å². The molecule has 0 aliphatic carbocycles. The fourth-order valence-electron chi connectivity index (χ4n) is 1.49. The van der Waals surface area contributed by atoms with E-state index in [0.29, 0.717) is 11.6 Å². The van der Waals surface area contributed by atoms with Crippen LogP contribution in [0.15, 0.2) is 12.7 Å². The Bertz CT molecular complexity index is 445. The summed E-state index contributed by atoms with van der Waals surface area (Å²) in [5, 5.41) is 9.09. The Balaban J connectivity index is 2.34. The van der Waals surface area contributed by atoms with E-state index in [9.17, 15) is 0 Å². The van der Waals surface area contributed by atoms with Crippen LogP contribution in [0.5, 0.6) is 0 Å². The molecule has 80 valence electrons. The van der Waals surface area contributed by atoms with E-state index >= 15 is 0 Å². The number of aryl methyl sites for hydroxylation is 2. The Labute approximate surface area is 92.7 Å². The van der Waals surface area contributed by atoms with Gasteiger partial charge >= 0.3 is 0 Å². The smallest absolute Gasteiger partial charge is 0.137 e. The number of rotatable bonds is 3. The van der Waals surface area contributed by atoms with Gasteiger partial charge in [-0.25, -0.2) is 9.67 Å². The maximum absolute atomic E-state index is 6.16. The third-order valence-corrected chi connectivity index (χ3v) is 2.72. The summed E-state index contributed by atoms with van der Waals surface area (Å²) in [6, 6.07) is 0. The summed E-state index contributed by atoms with van der Waals surface area (Å²) in [7, 11) is 0. The molecule has 2 aromatic rings. The second kappa shape index (κ2) is 4.02. The molecule has 0 bridgehead atoms. The zero-order valence-corrected chi connectivity index (χ0v) is 9.44. The predicted octanol–water partition coefficient (Wildman–Crippen LogP) is 1.50. The largest absolute Gasteiger partial charge is 0.266 e. The Morgan fingerprint density at radius 2 is 2.27 bits per heavy atom. The van der Waals surface area contributed by atoms with Crippen molar-refractivity contribution < 1.29 is 0 Å². The molecule has 2 heterocycles. The third-order valence-electron chi connectivity index (χ3n) is 2.23. The summed E-state index contributed by atoms with van der Waals surface area (Å²) in [5.41, 5.74) is 1.83. The van der Waals surface area contributed by atoms with Gasteiger partial charge in [-0.1, -0.05) is 11.6 Å². The average Bonchev–Trinajstić information content (AvgIpc) is 2.82. The van der Waals surface area contributed by atoms with Gasteiger partial charge in [0.1, 0.15) is 12.7 Å². The van der Waals surface area contributed by atoms with Gasteiger partial charge in [-0.15, -0.1) is 0 Å². The van der Waals surface area contributed by atoms with Crippen LogP contribution in [0.1, 0.15) is 18.3 Å². The van der Waals surface area contributed by atoms with Gasteiger partial charge in [0.05, 0.1) is 23.0 Å². The fraction of sp³-hybridized carbons (Fsp3) is 0.444. The van der Waals surface area contributed by atoms with E-state index in [4.69, 9.17) is 11.6 Å². The molecule has 0 atom stereocenters. The monoisotopic (exact) mass is 225 g/mol. The number of hydrogen-bond acceptors (Lipinski definition) is 3. The van der Waals surface area contributed by atoms with Crippen molar-refractivity contribution in [2.24, 2.45) is 0 Å². The van der Waals surface area contributed by atoms with E-state index in [2.05, 4.69) is 15.2 Å². The zero-order valence-electron chi connectivity index (χ0n) is 8.68. The molecule has 0 amide bonds. The molecule has 0 saturated carbocycles. The zero-order chi connectivity index (χ0) is 10.8. The van der Waals surface area contributed by atoms with Crippen LogP contribution in [0.2, 0.25) is 5.02 Å². The van der Waals surface area contributed by atoms with Gasteiger partial charge < -0.3 is 0 Å². The van der Waals surface area contributed by atoms with Crippen LogP contribution >= 0.6 is 11.6 Å². The first-order chi connectivity index (χ1) is 7.22. The van der Waals surface area contributed by atoms with Crippen LogP contribution in [0.3, 0.4) is 0 Å². The van der Waals surface area contributed by atoms with Gasteiger partial charge in [0.15, 0.2) is 0 Å². The van der Waals surface area contributed by atoms with Crippen molar-refractivity contribution in [3.05, 3.63) is 29.1 Å². The van der Waals surface area contributed by atoms with Crippen LogP contribution in [0.25, 0.3) is 0 Å². The number of nitrogens with zero attached hydrogens (tertiary/aromatic N) is 5. The molecule has 0 aliphatic heterocycles. The number of aromatic nitrogens is 5. The highest BCUT2D eigenvalue weighted by Crippen LogP contribution is 2.20. The van der Waals surface area contributed by atoms with E-state index < -0.39 is 0 Å². The van der Waals surface area contributed by atoms with E-state index in [0.717, 1.165) is 17.9 Å². The van der Waals surface area contributed by atoms with Gasteiger partial charge in [-0.05, 0) is 13.8 Å². The minimum absolute atomic E-state index is 0.605. The van der Waals surface area contributed by atoms with Crippen LogP contribution in [0.4, 0.5) is 0 Å². The molecule has 0 saturated heterocycles. The normalized spacial score (nSPS) is 10.9. The van der Waals surface area contributed by atoms with E-state index in [1.807, 2.05) is 18.5 Å². The molecule has 15 heavy (non-hydrogen) atoms. The maximum Gasteiger partial charge on any atom is 0.137 e. The van der Waals surface area contributed by atoms with Crippen molar-refractivity contribution in [1.82, 2.24) is 24.5 Å². The van der Waals surface area contributed by atoms with Crippen molar-refractivity contribution in [3.63, 3.8) is 0 Å². The predicted molar refractivity (Wildman–Crippen MR) is 56.8 cm³/mol. The molecule has 0 fully saturated rings. The minimum atomic E-state index is 0.605. The molecule has 5 nitrogen and oxygen atoms in total. The number of halogens is 1. The van der Waals surface area contributed by atoms with Crippen molar-refractivity contribution in [2.75, 3.05) is 0 Å². The molecular formula is C9H12ClN5. The maximum atomic E-state index is 6.16. The molecule has 0 radical (unpaired) electrons. The molecule has 0 unspecified atom stereocenters.